The summed E-state index contributed by atoms with van der Waals surface area (Å²) in [4.78, 5) is 50.5. The van der Waals surface area contributed by atoms with Gasteiger partial charge in [-0.3, -0.25) is 10.1 Å². The molecule has 0 aliphatic carbocycles. The van der Waals surface area contributed by atoms with Crippen LogP contribution in [0.2, 0.25) is 0 Å². The van der Waals surface area contributed by atoms with E-state index in [4.69, 9.17) is 9.47 Å². The van der Waals surface area contributed by atoms with Crippen LogP contribution < -0.4 is 10.6 Å². The number of esters is 1. The lowest BCUT2D eigenvalue weighted by molar-refractivity contribution is -0.142. The Morgan fingerprint density at radius 1 is 1.09 bits per heavy atom. The first-order chi connectivity index (χ1) is 16.2. The van der Waals surface area contributed by atoms with Gasteiger partial charge in [-0.05, 0) is 31.7 Å². The van der Waals surface area contributed by atoms with Gasteiger partial charge in [0.25, 0.3) is 5.91 Å². The van der Waals surface area contributed by atoms with Crippen molar-refractivity contribution in [3.05, 3.63) is 47.3 Å². The molecule has 0 saturated carbocycles. The SMILES string of the molecule is CC(C)(C)OC(=O)N[C@H]1CN2C(C(C)(C)C)C(C(=O)OCc3ccccc3)=C(NC(=O)O)N2C1=O. The minimum absolute atomic E-state index is 0.0142. The number of amides is 3. The number of carboxylic acid groups (broad SMARTS) is 1. The minimum Gasteiger partial charge on any atom is -0.465 e. The standard InChI is InChI=1S/C24H32N4O7/c1-23(2,3)17-16(20(30)34-13-14-10-8-7-9-11-14)18(26-21(31)32)28-19(29)15(12-27(17)28)25-22(33)35-24(4,5)6/h7-11,15,17,26H,12-13H2,1-6H3,(H,25,33)(H,31,32)/t15-,17?/m0/s1. The minimum atomic E-state index is -1.45. The van der Waals surface area contributed by atoms with Crippen molar-refractivity contribution >= 4 is 24.1 Å². The number of ether oxygens (including phenoxy) is 2. The third kappa shape index (κ3) is 5.91. The number of hydrazine groups is 1. The molecule has 35 heavy (non-hydrogen) atoms. The molecule has 2 aliphatic heterocycles. The van der Waals surface area contributed by atoms with Crippen molar-refractivity contribution in [1.82, 2.24) is 20.7 Å². The molecule has 190 valence electrons. The van der Waals surface area contributed by atoms with E-state index in [0.717, 1.165) is 10.6 Å². The van der Waals surface area contributed by atoms with Gasteiger partial charge in [0.1, 0.15) is 24.1 Å². The van der Waals surface area contributed by atoms with Crippen molar-refractivity contribution < 1.29 is 33.8 Å². The van der Waals surface area contributed by atoms with E-state index in [1.807, 2.05) is 39.0 Å². The van der Waals surface area contributed by atoms with Gasteiger partial charge < -0.3 is 19.9 Å². The number of nitrogens with one attached hydrogen (secondary N) is 2. The molecule has 0 spiro atoms. The summed E-state index contributed by atoms with van der Waals surface area (Å²) in [6.45, 7) is 10.7. The molecule has 1 saturated heterocycles. The van der Waals surface area contributed by atoms with E-state index >= 15 is 0 Å². The van der Waals surface area contributed by atoms with E-state index in [-0.39, 0.29) is 24.5 Å². The summed E-state index contributed by atoms with van der Waals surface area (Å²) < 4.78 is 10.8. The van der Waals surface area contributed by atoms with Gasteiger partial charge in [0.2, 0.25) is 0 Å². The Morgan fingerprint density at radius 3 is 2.26 bits per heavy atom. The highest BCUT2D eigenvalue weighted by atomic mass is 16.6. The lowest BCUT2D eigenvalue weighted by atomic mass is 9.82. The van der Waals surface area contributed by atoms with Crippen LogP contribution in [0.25, 0.3) is 0 Å². The van der Waals surface area contributed by atoms with Crippen molar-refractivity contribution in [3.8, 4) is 0 Å². The van der Waals surface area contributed by atoms with Gasteiger partial charge in [0, 0.05) is 6.54 Å². The summed E-state index contributed by atoms with van der Waals surface area (Å²) in [6.07, 6.45) is -2.22. The van der Waals surface area contributed by atoms with Gasteiger partial charge in [-0.25, -0.2) is 24.4 Å². The maximum atomic E-state index is 13.3. The Labute approximate surface area is 204 Å². The van der Waals surface area contributed by atoms with Crippen molar-refractivity contribution in [2.45, 2.75) is 65.8 Å². The number of rotatable bonds is 5. The molecule has 1 unspecified atom stereocenters. The van der Waals surface area contributed by atoms with Crippen molar-refractivity contribution in [3.63, 3.8) is 0 Å². The summed E-state index contributed by atoms with van der Waals surface area (Å²) in [5.74, 6) is -1.54. The molecule has 1 aromatic carbocycles. The molecule has 0 aromatic heterocycles. The van der Waals surface area contributed by atoms with Crippen molar-refractivity contribution in [1.29, 1.82) is 0 Å². The molecular weight excluding hydrogens is 456 g/mol. The number of carbonyl (C=O) groups excluding carboxylic acids is 3. The third-order valence-electron chi connectivity index (χ3n) is 5.34. The Bertz CT molecular complexity index is 1040. The predicted octanol–water partition coefficient (Wildman–Crippen LogP) is 2.59. The lowest BCUT2D eigenvalue weighted by Crippen LogP contribution is -2.47. The molecule has 2 heterocycles. The summed E-state index contributed by atoms with van der Waals surface area (Å²) >= 11 is 0. The van der Waals surface area contributed by atoms with Crippen molar-refractivity contribution in [2.24, 2.45) is 5.41 Å². The van der Waals surface area contributed by atoms with Gasteiger partial charge in [-0.2, -0.15) is 0 Å². The van der Waals surface area contributed by atoms with Crippen LogP contribution in [0.4, 0.5) is 9.59 Å². The first-order valence-corrected chi connectivity index (χ1v) is 11.2. The topological polar surface area (TPSA) is 138 Å². The molecule has 0 radical (unpaired) electrons. The third-order valence-corrected chi connectivity index (χ3v) is 5.34. The zero-order valence-electron chi connectivity index (χ0n) is 20.7. The fourth-order valence-electron chi connectivity index (χ4n) is 4.14. The van der Waals surface area contributed by atoms with Gasteiger partial charge >= 0.3 is 18.2 Å². The zero-order valence-corrected chi connectivity index (χ0v) is 20.7. The number of hydrogen-bond acceptors (Lipinski definition) is 7. The maximum absolute atomic E-state index is 13.3. The number of carbonyl (C=O) groups is 4. The number of fused-ring (bicyclic) bond motifs is 1. The Hall–Kier alpha value is -3.60. The average molecular weight is 489 g/mol. The Balaban J connectivity index is 1.93. The molecule has 3 N–H and O–H groups in total. The first kappa shape index (κ1) is 26.0. The summed E-state index contributed by atoms with van der Waals surface area (Å²) in [5, 5.41) is 16.9. The zero-order chi connectivity index (χ0) is 26.1. The first-order valence-electron chi connectivity index (χ1n) is 11.2. The molecular formula is C24H32N4O7. The smallest absolute Gasteiger partial charge is 0.410 e. The largest absolute Gasteiger partial charge is 0.465 e. The Kier molecular flexibility index (Phi) is 7.11. The molecule has 11 heteroatoms. The van der Waals surface area contributed by atoms with Gasteiger partial charge in [0.15, 0.2) is 0 Å². The lowest BCUT2D eigenvalue weighted by Gasteiger charge is -2.35. The van der Waals surface area contributed by atoms with E-state index in [1.54, 1.807) is 37.9 Å². The fourth-order valence-corrected chi connectivity index (χ4v) is 4.14. The second-order valence-corrected chi connectivity index (χ2v) is 10.5. The number of benzene rings is 1. The van der Waals surface area contributed by atoms with Crippen LogP contribution in [-0.4, -0.2) is 63.4 Å². The molecule has 11 nitrogen and oxygen atoms in total. The molecule has 1 fully saturated rings. The van der Waals surface area contributed by atoms with Crippen LogP contribution in [0.3, 0.4) is 0 Å². The van der Waals surface area contributed by atoms with Crippen LogP contribution in [0.5, 0.6) is 0 Å². The summed E-state index contributed by atoms with van der Waals surface area (Å²) in [5.41, 5.74) is -0.581. The van der Waals surface area contributed by atoms with E-state index in [2.05, 4.69) is 10.6 Å². The number of nitrogens with zero attached hydrogens (tertiary/aromatic N) is 2. The summed E-state index contributed by atoms with van der Waals surface area (Å²) in [7, 11) is 0. The van der Waals surface area contributed by atoms with Crippen molar-refractivity contribution in [2.75, 3.05) is 6.54 Å². The van der Waals surface area contributed by atoms with Crippen LogP contribution in [0, 0.1) is 5.41 Å². The highest BCUT2D eigenvalue weighted by molar-refractivity contribution is 5.97. The van der Waals surface area contributed by atoms with Crippen LogP contribution in [-0.2, 0) is 25.7 Å². The highest BCUT2D eigenvalue weighted by Crippen LogP contribution is 2.42. The molecule has 0 bridgehead atoms. The fraction of sp³-hybridized carbons (Fsp3) is 0.500. The second-order valence-electron chi connectivity index (χ2n) is 10.5. The molecule has 3 amide bonds. The normalized spacial score (nSPS) is 20.5. The van der Waals surface area contributed by atoms with Gasteiger partial charge in [-0.15, -0.1) is 0 Å². The maximum Gasteiger partial charge on any atom is 0.410 e. The Morgan fingerprint density at radius 2 is 1.71 bits per heavy atom. The van der Waals surface area contributed by atoms with E-state index < -0.39 is 47.2 Å². The molecule has 2 atom stereocenters. The van der Waals surface area contributed by atoms with E-state index in [0.29, 0.717) is 0 Å². The van der Waals surface area contributed by atoms with Gasteiger partial charge in [0.05, 0.1) is 11.6 Å². The number of alkyl carbamates (subject to hydrolysis) is 1. The van der Waals surface area contributed by atoms with E-state index in [9.17, 15) is 24.3 Å². The molecule has 2 aliphatic rings. The monoisotopic (exact) mass is 488 g/mol. The number of hydrogen-bond donors (Lipinski definition) is 3. The quantitative estimate of drug-likeness (QED) is 0.538. The predicted molar refractivity (Wildman–Crippen MR) is 124 cm³/mol. The average Bonchev–Trinajstić information content (AvgIpc) is 3.19. The van der Waals surface area contributed by atoms with Crippen LogP contribution in [0.15, 0.2) is 41.7 Å². The second kappa shape index (κ2) is 9.57. The molecule has 1 aromatic rings. The van der Waals surface area contributed by atoms with Crippen LogP contribution >= 0.6 is 0 Å². The van der Waals surface area contributed by atoms with Gasteiger partial charge in [-0.1, -0.05) is 51.1 Å². The highest BCUT2D eigenvalue weighted by Gasteiger charge is 2.56. The molecule has 3 rings (SSSR count). The summed E-state index contributed by atoms with van der Waals surface area (Å²) in [6, 6.07) is 7.35. The van der Waals surface area contributed by atoms with E-state index in [1.165, 1.54) is 0 Å². The van der Waals surface area contributed by atoms with Crippen LogP contribution in [0.1, 0.15) is 47.1 Å².